The van der Waals surface area contributed by atoms with E-state index in [4.69, 9.17) is 4.74 Å². The maximum atomic E-state index is 12.8. The minimum Gasteiger partial charge on any atom is -0.481 e. The van der Waals surface area contributed by atoms with Gasteiger partial charge >= 0.3 is 5.97 Å². The molecule has 0 radical (unpaired) electrons. The lowest BCUT2D eigenvalue weighted by molar-refractivity contribution is -0.142. The molecule has 0 spiro atoms. The van der Waals surface area contributed by atoms with Crippen LogP contribution in [-0.4, -0.2) is 35.1 Å². The molecular formula is C21H17N3O5S. The first kappa shape index (κ1) is 19.6. The molecule has 2 aromatic heterocycles. The average Bonchev–Trinajstić information content (AvgIpc) is 3.16. The summed E-state index contributed by atoms with van der Waals surface area (Å²) in [5, 5.41) is 4.15. The van der Waals surface area contributed by atoms with Crippen LogP contribution >= 0.6 is 11.3 Å². The van der Waals surface area contributed by atoms with Gasteiger partial charge < -0.3 is 19.4 Å². The van der Waals surface area contributed by atoms with Gasteiger partial charge in [0.25, 0.3) is 5.56 Å². The van der Waals surface area contributed by atoms with Crippen molar-refractivity contribution >= 4 is 49.3 Å². The third kappa shape index (κ3) is 4.01. The minimum atomic E-state index is -0.521. The molecule has 0 atom stereocenters. The molecule has 1 amide bonds. The summed E-state index contributed by atoms with van der Waals surface area (Å²) >= 11 is 1.37. The molecule has 0 unspecified atom stereocenters. The van der Waals surface area contributed by atoms with Gasteiger partial charge in [-0.3, -0.25) is 9.59 Å². The van der Waals surface area contributed by atoms with Gasteiger partial charge in [-0.15, -0.1) is 0 Å². The Morgan fingerprint density at radius 2 is 1.93 bits per heavy atom. The number of nitrogens with one attached hydrogen (secondary N) is 1. The number of ether oxygens (including phenoxy) is 2. The lowest BCUT2D eigenvalue weighted by Gasteiger charge is -2.10. The van der Waals surface area contributed by atoms with E-state index in [0.717, 1.165) is 10.2 Å². The molecule has 0 aliphatic heterocycles. The van der Waals surface area contributed by atoms with Crippen LogP contribution in [0.2, 0.25) is 0 Å². The van der Waals surface area contributed by atoms with E-state index in [1.54, 1.807) is 24.3 Å². The molecule has 0 bridgehead atoms. The molecule has 0 saturated carbocycles. The summed E-state index contributed by atoms with van der Waals surface area (Å²) in [5.41, 5.74) is 0.468. The van der Waals surface area contributed by atoms with Crippen LogP contribution in [0.1, 0.15) is 0 Å². The van der Waals surface area contributed by atoms with Crippen LogP contribution in [0.4, 0.5) is 5.13 Å². The number of hydrogen-bond donors (Lipinski definition) is 1. The molecule has 0 fully saturated rings. The van der Waals surface area contributed by atoms with Crippen LogP contribution in [0.25, 0.3) is 21.0 Å². The van der Waals surface area contributed by atoms with Crippen LogP contribution in [0.3, 0.4) is 0 Å². The van der Waals surface area contributed by atoms with Gasteiger partial charge in [0.1, 0.15) is 12.3 Å². The number of thiazole rings is 1. The Morgan fingerprint density at radius 1 is 1.10 bits per heavy atom. The number of fused-ring (bicyclic) bond motifs is 2. The zero-order valence-corrected chi connectivity index (χ0v) is 16.8. The van der Waals surface area contributed by atoms with Gasteiger partial charge in [-0.1, -0.05) is 29.5 Å². The summed E-state index contributed by atoms with van der Waals surface area (Å²) in [7, 11) is 1.27. The van der Waals surface area contributed by atoms with Gasteiger partial charge in [0.15, 0.2) is 11.7 Å². The second kappa shape index (κ2) is 8.34. The smallest absolute Gasteiger partial charge is 0.343 e. The zero-order chi connectivity index (χ0) is 21.1. The zero-order valence-electron chi connectivity index (χ0n) is 16.0. The number of pyridine rings is 1. The van der Waals surface area contributed by atoms with E-state index in [1.807, 2.05) is 24.3 Å². The van der Waals surface area contributed by atoms with Crippen molar-refractivity contribution in [2.24, 2.45) is 0 Å². The topological polar surface area (TPSA) is 99.5 Å². The Labute approximate surface area is 174 Å². The van der Waals surface area contributed by atoms with Crippen molar-refractivity contribution in [3.8, 4) is 5.75 Å². The summed E-state index contributed by atoms with van der Waals surface area (Å²) in [6.45, 7) is -0.415. The number of anilines is 1. The Bertz CT molecular complexity index is 1280. The van der Waals surface area contributed by atoms with Crippen LogP contribution in [0.15, 0.2) is 59.5 Å². The van der Waals surface area contributed by atoms with E-state index in [-0.39, 0.29) is 24.6 Å². The van der Waals surface area contributed by atoms with Crippen molar-refractivity contribution < 1.29 is 19.1 Å². The SMILES string of the molecule is COC(=O)COc1cccc2c(=O)n(CC(=O)Nc3nc4ccccc4s3)ccc12. The number of amides is 1. The maximum Gasteiger partial charge on any atom is 0.343 e. The van der Waals surface area contributed by atoms with Gasteiger partial charge in [-0.25, -0.2) is 9.78 Å². The fourth-order valence-electron chi connectivity index (χ4n) is 2.97. The predicted octanol–water partition coefficient (Wildman–Crippen LogP) is 2.80. The van der Waals surface area contributed by atoms with E-state index in [2.05, 4.69) is 15.0 Å². The van der Waals surface area contributed by atoms with E-state index in [1.165, 1.54) is 29.2 Å². The molecule has 4 aromatic rings. The number of rotatable bonds is 6. The van der Waals surface area contributed by atoms with Crippen molar-refractivity contribution in [1.82, 2.24) is 9.55 Å². The molecule has 0 aliphatic rings. The molecule has 2 aromatic carbocycles. The first-order chi connectivity index (χ1) is 14.5. The average molecular weight is 423 g/mol. The number of aromatic nitrogens is 2. The predicted molar refractivity (Wildman–Crippen MR) is 114 cm³/mol. The summed E-state index contributed by atoms with van der Waals surface area (Å²) in [4.78, 5) is 40.9. The summed E-state index contributed by atoms with van der Waals surface area (Å²) in [6, 6.07) is 14.2. The summed E-state index contributed by atoms with van der Waals surface area (Å²) < 4.78 is 12.3. The maximum absolute atomic E-state index is 12.8. The highest BCUT2D eigenvalue weighted by Gasteiger charge is 2.13. The molecule has 4 rings (SSSR count). The van der Waals surface area contributed by atoms with Crippen molar-refractivity contribution in [3.05, 3.63) is 65.1 Å². The normalized spacial score (nSPS) is 10.8. The molecule has 8 nitrogen and oxygen atoms in total. The Hall–Kier alpha value is -3.72. The number of hydrogen-bond acceptors (Lipinski definition) is 7. The number of nitrogens with zero attached hydrogens (tertiary/aromatic N) is 2. The van der Waals surface area contributed by atoms with Crippen LogP contribution in [0.5, 0.6) is 5.75 Å². The molecule has 0 saturated heterocycles. The van der Waals surface area contributed by atoms with Crippen molar-refractivity contribution in [2.45, 2.75) is 6.54 Å². The Balaban J connectivity index is 1.54. The highest BCUT2D eigenvalue weighted by molar-refractivity contribution is 7.22. The number of carbonyl (C=O) groups excluding carboxylic acids is 2. The largest absolute Gasteiger partial charge is 0.481 e. The monoisotopic (exact) mass is 423 g/mol. The molecule has 152 valence electrons. The minimum absolute atomic E-state index is 0.155. The number of carbonyl (C=O) groups is 2. The van der Waals surface area contributed by atoms with E-state index < -0.39 is 5.97 Å². The first-order valence-electron chi connectivity index (χ1n) is 9.02. The molecule has 9 heteroatoms. The first-order valence-corrected chi connectivity index (χ1v) is 9.84. The molecule has 2 heterocycles. The van der Waals surface area contributed by atoms with Gasteiger partial charge in [0.2, 0.25) is 5.91 Å². The Morgan fingerprint density at radius 3 is 2.73 bits per heavy atom. The number of methoxy groups -OCH3 is 1. The summed E-state index contributed by atoms with van der Waals surface area (Å²) in [6.07, 6.45) is 1.52. The molecular weight excluding hydrogens is 406 g/mol. The standard InChI is InChI=1S/C21H17N3O5S/c1-28-19(26)12-29-16-7-4-5-14-13(16)9-10-24(20(14)27)11-18(25)23-21-22-15-6-2-3-8-17(15)30-21/h2-10H,11-12H2,1H3,(H,22,23,25). The van der Waals surface area contributed by atoms with Gasteiger partial charge in [-0.2, -0.15) is 0 Å². The molecule has 30 heavy (non-hydrogen) atoms. The lowest BCUT2D eigenvalue weighted by atomic mass is 10.1. The highest BCUT2D eigenvalue weighted by Crippen LogP contribution is 2.25. The van der Waals surface area contributed by atoms with Gasteiger partial charge in [0.05, 0.1) is 22.7 Å². The third-order valence-electron chi connectivity index (χ3n) is 4.41. The third-order valence-corrected chi connectivity index (χ3v) is 5.36. The van der Waals surface area contributed by atoms with Crippen molar-refractivity contribution in [3.63, 3.8) is 0 Å². The number of para-hydroxylation sites is 1. The van der Waals surface area contributed by atoms with Gasteiger partial charge in [-0.05, 0) is 30.3 Å². The van der Waals surface area contributed by atoms with Crippen molar-refractivity contribution in [2.75, 3.05) is 19.0 Å². The van der Waals surface area contributed by atoms with E-state index >= 15 is 0 Å². The highest BCUT2D eigenvalue weighted by atomic mass is 32.1. The fraction of sp³-hybridized carbons (Fsp3) is 0.143. The number of benzene rings is 2. The lowest BCUT2D eigenvalue weighted by Crippen LogP contribution is -2.27. The molecule has 0 aliphatic carbocycles. The van der Waals surface area contributed by atoms with Crippen LogP contribution in [-0.2, 0) is 20.9 Å². The van der Waals surface area contributed by atoms with Crippen molar-refractivity contribution in [1.29, 1.82) is 0 Å². The molecule has 1 N–H and O–H groups in total. The number of esters is 1. The quantitative estimate of drug-likeness (QED) is 0.479. The van der Waals surface area contributed by atoms with Crippen LogP contribution < -0.4 is 15.6 Å². The second-order valence-corrected chi connectivity index (χ2v) is 7.40. The fourth-order valence-corrected chi connectivity index (χ4v) is 3.86. The van der Waals surface area contributed by atoms with E-state index in [9.17, 15) is 14.4 Å². The summed E-state index contributed by atoms with van der Waals surface area (Å²) in [5.74, 6) is -0.485. The van der Waals surface area contributed by atoms with Gasteiger partial charge in [0, 0.05) is 11.6 Å². The van der Waals surface area contributed by atoms with E-state index in [0.29, 0.717) is 21.7 Å². The Kier molecular flexibility index (Phi) is 5.44. The van der Waals surface area contributed by atoms with Crippen LogP contribution in [0, 0.1) is 0 Å². The second-order valence-electron chi connectivity index (χ2n) is 6.37.